The first-order chi connectivity index (χ1) is 10.6. The van der Waals surface area contributed by atoms with Gasteiger partial charge >= 0.3 is 13.3 Å². The third-order valence-electron chi connectivity index (χ3n) is 3.42. The molecule has 7 heteroatoms. The standard InChI is InChI=1S/C15H31BO6/c1-2-3-4-5-6-7-8-9-10-11-15(18)22-14(12-17)13-21-16(19)20/h14,17,19-20H,2-13H2,1H3. The lowest BCUT2D eigenvalue weighted by Crippen LogP contribution is -2.31. The van der Waals surface area contributed by atoms with Crippen molar-refractivity contribution in [1.29, 1.82) is 0 Å². The molecule has 1 unspecified atom stereocenters. The monoisotopic (exact) mass is 318 g/mol. The van der Waals surface area contributed by atoms with Gasteiger partial charge in [-0.15, -0.1) is 0 Å². The highest BCUT2D eigenvalue weighted by Crippen LogP contribution is 2.11. The van der Waals surface area contributed by atoms with Gasteiger partial charge in [-0.1, -0.05) is 58.3 Å². The average molecular weight is 318 g/mol. The van der Waals surface area contributed by atoms with Crippen LogP contribution in [0.1, 0.15) is 71.1 Å². The van der Waals surface area contributed by atoms with Crippen molar-refractivity contribution in [2.75, 3.05) is 13.2 Å². The van der Waals surface area contributed by atoms with Gasteiger partial charge in [0.1, 0.15) is 6.10 Å². The Hall–Kier alpha value is -0.625. The second-order valence-corrected chi connectivity index (χ2v) is 5.53. The summed E-state index contributed by atoms with van der Waals surface area (Å²) in [5, 5.41) is 26.1. The summed E-state index contributed by atoms with van der Waals surface area (Å²) >= 11 is 0. The lowest BCUT2D eigenvalue weighted by molar-refractivity contribution is -0.153. The molecule has 130 valence electrons. The lowest BCUT2D eigenvalue weighted by atomic mass is 10.1. The van der Waals surface area contributed by atoms with Crippen LogP contribution in [-0.4, -0.2) is 47.8 Å². The fraction of sp³-hybridized carbons (Fsp3) is 0.933. The zero-order valence-electron chi connectivity index (χ0n) is 13.7. The number of carbonyl (C=O) groups excluding carboxylic acids is 1. The van der Waals surface area contributed by atoms with E-state index in [-0.39, 0.29) is 6.61 Å². The second kappa shape index (κ2) is 15.3. The molecule has 0 fully saturated rings. The number of hydrogen-bond donors (Lipinski definition) is 3. The van der Waals surface area contributed by atoms with E-state index in [1.807, 2.05) is 0 Å². The zero-order valence-corrected chi connectivity index (χ0v) is 13.7. The topological polar surface area (TPSA) is 96.2 Å². The molecule has 0 aliphatic rings. The molecule has 0 aromatic carbocycles. The summed E-state index contributed by atoms with van der Waals surface area (Å²) < 4.78 is 9.45. The van der Waals surface area contributed by atoms with Crippen LogP contribution in [0.3, 0.4) is 0 Å². The van der Waals surface area contributed by atoms with Crippen molar-refractivity contribution in [3.05, 3.63) is 0 Å². The van der Waals surface area contributed by atoms with Crippen molar-refractivity contribution < 1.29 is 29.3 Å². The quantitative estimate of drug-likeness (QED) is 0.242. The maximum atomic E-state index is 11.6. The van der Waals surface area contributed by atoms with Crippen LogP contribution in [0, 0.1) is 0 Å². The third kappa shape index (κ3) is 14.3. The van der Waals surface area contributed by atoms with Crippen molar-refractivity contribution in [1.82, 2.24) is 0 Å². The third-order valence-corrected chi connectivity index (χ3v) is 3.42. The second-order valence-electron chi connectivity index (χ2n) is 5.53. The predicted molar refractivity (Wildman–Crippen MR) is 85.0 cm³/mol. The first-order valence-corrected chi connectivity index (χ1v) is 8.38. The molecule has 0 aliphatic carbocycles. The number of unbranched alkanes of at least 4 members (excludes halogenated alkanes) is 8. The number of aliphatic hydroxyl groups excluding tert-OH is 1. The summed E-state index contributed by atoms with van der Waals surface area (Å²) in [7, 11) is -1.93. The minimum Gasteiger partial charge on any atom is -0.458 e. The Morgan fingerprint density at radius 1 is 1.00 bits per heavy atom. The Labute approximate surface area is 134 Å². The first-order valence-electron chi connectivity index (χ1n) is 8.38. The van der Waals surface area contributed by atoms with Crippen LogP contribution in [-0.2, 0) is 14.2 Å². The Bertz CT molecular complexity index is 262. The van der Waals surface area contributed by atoms with Gasteiger partial charge in [0, 0.05) is 6.42 Å². The molecule has 0 radical (unpaired) electrons. The van der Waals surface area contributed by atoms with Crippen LogP contribution in [0.2, 0.25) is 0 Å². The van der Waals surface area contributed by atoms with E-state index >= 15 is 0 Å². The Morgan fingerprint density at radius 3 is 2.05 bits per heavy atom. The molecule has 0 spiro atoms. The molecule has 0 saturated carbocycles. The highest BCUT2D eigenvalue weighted by atomic mass is 16.6. The Kier molecular flexibility index (Phi) is 14.8. The summed E-state index contributed by atoms with van der Waals surface area (Å²) in [6.07, 6.45) is 10.0. The zero-order chi connectivity index (χ0) is 16.6. The van der Waals surface area contributed by atoms with E-state index in [1.165, 1.54) is 38.5 Å². The highest BCUT2D eigenvalue weighted by molar-refractivity contribution is 6.32. The van der Waals surface area contributed by atoms with Gasteiger partial charge in [-0.25, -0.2) is 0 Å². The van der Waals surface area contributed by atoms with Gasteiger partial charge in [0.15, 0.2) is 0 Å². The number of esters is 1. The van der Waals surface area contributed by atoms with E-state index in [0.29, 0.717) is 6.42 Å². The predicted octanol–water partition coefficient (Wildman–Crippen LogP) is 1.80. The van der Waals surface area contributed by atoms with E-state index < -0.39 is 26.0 Å². The van der Waals surface area contributed by atoms with E-state index in [9.17, 15) is 4.79 Å². The van der Waals surface area contributed by atoms with Crippen LogP contribution in [0.5, 0.6) is 0 Å². The van der Waals surface area contributed by atoms with Crippen molar-refractivity contribution >= 4 is 13.3 Å². The molecule has 0 aromatic rings. The van der Waals surface area contributed by atoms with Gasteiger partial charge in [-0.2, -0.15) is 0 Å². The van der Waals surface area contributed by atoms with Crippen LogP contribution in [0.25, 0.3) is 0 Å². The molecule has 1 atom stereocenters. The smallest absolute Gasteiger partial charge is 0.458 e. The molecular weight excluding hydrogens is 287 g/mol. The molecule has 3 N–H and O–H groups in total. The summed E-state index contributed by atoms with van der Waals surface area (Å²) in [4.78, 5) is 11.6. The number of carbonyl (C=O) groups is 1. The van der Waals surface area contributed by atoms with Crippen molar-refractivity contribution in [2.24, 2.45) is 0 Å². The molecule has 0 bridgehead atoms. The van der Waals surface area contributed by atoms with E-state index in [4.69, 9.17) is 19.9 Å². The average Bonchev–Trinajstić information content (AvgIpc) is 2.49. The van der Waals surface area contributed by atoms with E-state index in [0.717, 1.165) is 19.3 Å². The minimum atomic E-state index is -1.93. The summed E-state index contributed by atoms with van der Waals surface area (Å²) in [6, 6.07) is 0. The molecule has 0 saturated heterocycles. The summed E-state index contributed by atoms with van der Waals surface area (Å²) in [5.74, 6) is -0.391. The van der Waals surface area contributed by atoms with Gasteiger partial charge in [-0.05, 0) is 6.42 Å². The normalized spacial score (nSPS) is 12.2. The van der Waals surface area contributed by atoms with Crippen molar-refractivity contribution in [2.45, 2.75) is 77.2 Å². The van der Waals surface area contributed by atoms with Gasteiger partial charge < -0.3 is 24.5 Å². The first kappa shape index (κ1) is 21.4. The fourth-order valence-corrected chi connectivity index (χ4v) is 2.14. The van der Waals surface area contributed by atoms with Crippen LogP contribution in [0.4, 0.5) is 0 Å². The lowest BCUT2D eigenvalue weighted by Gasteiger charge is -2.15. The number of hydrogen-bond acceptors (Lipinski definition) is 6. The fourth-order valence-electron chi connectivity index (χ4n) is 2.14. The molecule has 0 rings (SSSR count). The van der Waals surface area contributed by atoms with Crippen LogP contribution < -0.4 is 0 Å². The maximum Gasteiger partial charge on any atom is 0.634 e. The van der Waals surface area contributed by atoms with Gasteiger partial charge in [0.2, 0.25) is 0 Å². The number of aliphatic hydroxyl groups is 1. The largest absolute Gasteiger partial charge is 0.634 e. The summed E-state index contributed by atoms with van der Waals surface area (Å²) in [6.45, 7) is 1.56. The molecule has 0 amide bonds. The Morgan fingerprint density at radius 2 is 1.55 bits per heavy atom. The molecule has 0 aliphatic heterocycles. The summed E-state index contributed by atoms with van der Waals surface area (Å²) in [5.41, 5.74) is 0. The van der Waals surface area contributed by atoms with Gasteiger partial charge in [0.25, 0.3) is 0 Å². The van der Waals surface area contributed by atoms with Crippen molar-refractivity contribution in [3.63, 3.8) is 0 Å². The molecule has 0 heterocycles. The molecule has 6 nitrogen and oxygen atoms in total. The van der Waals surface area contributed by atoms with Crippen LogP contribution in [0.15, 0.2) is 0 Å². The highest BCUT2D eigenvalue weighted by Gasteiger charge is 2.17. The Balaban J connectivity index is 3.47. The SMILES string of the molecule is CCCCCCCCCCCC(=O)OC(CO)COB(O)O. The minimum absolute atomic E-state index is 0.238. The molecule has 0 aromatic heterocycles. The number of rotatable bonds is 15. The molecular formula is C15H31BO6. The number of ether oxygens (including phenoxy) is 1. The van der Waals surface area contributed by atoms with Gasteiger partial charge in [0.05, 0.1) is 13.2 Å². The van der Waals surface area contributed by atoms with Gasteiger partial charge in [-0.3, -0.25) is 4.79 Å². The maximum absolute atomic E-state index is 11.6. The van der Waals surface area contributed by atoms with E-state index in [1.54, 1.807) is 0 Å². The molecule has 22 heavy (non-hydrogen) atoms. The van der Waals surface area contributed by atoms with E-state index in [2.05, 4.69) is 11.6 Å². The van der Waals surface area contributed by atoms with Crippen molar-refractivity contribution in [3.8, 4) is 0 Å². The van der Waals surface area contributed by atoms with Crippen LogP contribution >= 0.6 is 0 Å².